The van der Waals surface area contributed by atoms with Crippen molar-refractivity contribution in [3.63, 3.8) is 0 Å². The molecule has 0 aliphatic rings. The first kappa shape index (κ1) is 21.1. The first-order chi connectivity index (χ1) is 16.3. The fourth-order valence-electron chi connectivity index (χ4n) is 3.80. The monoisotopic (exact) mass is 453 g/mol. The van der Waals surface area contributed by atoms with Crippen LogP contribution in [0.15, 0.2) is 102 Å². The lowest BCUT2D eigenvalue weighted by Gasteiger charge is -2.12. The molecular weight excluding hydrogens is 430 g/mol. The Morgan fingerprint density at radius 2 is 1.64 bits per heavy atom. The van der Waals surface area contributed by atoms with E-state index in [9.17, 15) is 4.79 Å². The summed E-state index contributed by atoms with van der Waals surface area (Å²) in [6.45, 7) is 1.13. The van der Waals surface area contributed by atoms with E-state index in [4.69, 9.17) is 9.72 Å². The number of amides is 1. The second-order valence-corrected chi connectivity index (χ2v) is 8.51. The maximum atomic E-state index is 12.4. The number of thioether (sulfide) groups is 1. The average molecular weight is 454 g/mol. The van der Waals surface area contributed by atoms with Crippen LogP contribution >= 0.6 is 11.8 Å². The minimum Gasteiger partial charge on any atom is -0.491 e. The number of benzene rings is 4. The van der Waals surface area contributed by atoms with Gasteiger partial charge in [-0.05, 0) is 35.7 Å². The number of rotatable bonds is 8. The number of nitrogens with zero attached hydrogens (tertiary/aromatic N) is 2. The lowest BCUT2D eigenvalue weighted by Crippen LogP contribution is -2.15. The van der Waals surface area contributed by atoms with E-state index in [1.165, 1.54) is 11.8 Å². The van der Waals surface area contributed by atoms with Gasteiger partial charge in [-0.15, -0.1) is 0 Å². The van der Waals surface area contributed by atoms with Crippen molar-refractivity contribution in [3.05, 3.63) is 97.1 Å². The number of ether oxygens (including phenoxy) is 1. The van der Waals surface area contributed by atoms with Gasteiger partial charge in [-0.1, -0.05) is 78.5 Å². The van der Waals surface area contributed by atoms with Crippen LogP contribution < -0.4 is 10.1 Å². The van der Waals surface area contributed by atoms with Crippen LogP contribution in [0.1, 0.15) is 0 Å². The van der Waals surface area contributed by atoms with Gasteiger partial charge in [0.1, 0.15) is 12.4 Å². The molecule has 0 saturated heterocycles. The lowest BCUT2D eigenvalue weighted by atomic mass is 10.1. The van der Waals surface area contributed by atoms with E-state index in [1.54, 1.807) is 0 Å². The minimum atomic E-state index is -0.0585. The quantitative estimate of drug-likeness (QED) is 0.293. The summed E-state index contributed by atoms with van der Waals surface area (Å²) in [6.07, 6.45) is 0. The summed E-state index contributed by atoms with van der Waals surface area (Å²) in [5.41, 5.74) is 2.73. The molecule has 0 bridgehead atoms. The fourth-order valence-corrected chi connectivity index (χ4v) is 4.64. The highest BCUT2D eigenvalue weighted by molar-refractivity contribution is 7.99. The smallest absolute Gasteiger partial charge is 0.234 e. The summed E-state index contributed by atoms with van der Waals surface area (Å²) < 4.78 is 8.29. The Labute approximate surface area is 196 Å². The highest BCUT2D eigenvalue weighted by Crippen LogP contribution is 2.27. The van der Waals surface area contributed by atoms with Crippen molar-refractivity contribution in [2.24, 2.45) is 0 Å². The van der Waals surface area contributed by atoms with Gasteiger partial charge in [0.2, 0.25) is 5.91 Å². The number of imidazole rings is 1. The molecule has 1 aromatic heterocycles. The molecule has 1 amide bonds. The summed E-state index contributed by atoms with van der Waals surface area (Å²) in [5, 5.41) is 5.99. The number of anilines is 1. The van der Waals surface area contributed by atoms with Crippen LogP contribution in [0.2, 0.25) is 0 Å². The Bertz CT molecular complexity index is 1390. The Morgan fingerprint density at radius 3 is 2.55 bits per heavy atom. The van der Waals surface area contributed by atoms with Crippen molar-refractivity contribution in [2.45, 2.75) is 11.7 Å². The van der Waals surface area contributed by atoms with Gasteiger partial charge in [0.15, 0.2) is 5.16 Å². The van der Waals surface area contributed by atoms with Gasteiger partial charge in [-0.3, -0.25) is 4.79 Å². The molecule has 0 spiro atoms. The molecule has 4 aromatic carbocycles. The predicted molar refractivity (Wildman–Crippen MR) is 135 cm³/mol. The van der Waals surface area contributed by atoms with Crippen molar-refractivity contribution >= 4 is 45.2 Å². The molecule has 33 heavy (non-hydrogen) atoms. The first-order valence-corrected chi connectivity index (χ1v) is 11.8. The molecule has 0 radical (unpaired) electrons. The van der Waals surface area contributed by atoms with Gasteiger partial charge >= 0.3 is 0 Å². The molecule has 0 atom stereocenters. The van der Waals surface area contributed by atoms with Crippen LogP contribution in [0.25, 0.3) is 21.8 Å². The van der Waals surface area contributed by atoms with Crippen LogP contribution in [-0.4, -0.2) is 27.8 Å². The van der Waals surface area contributed by atoms with E-state index in [1.807, 2.05) is 78.9 Å². The number of para-hydroxylation sites is 3. The molecule has 5 aromatic rings. The molecule has 0 aliphatic heterocycles. The first-order valence-electron chi connectivity index (χ1n) is 10.8. The van der Waals surface area contributed by atoms with Gasteiger partial charge in [-0.2, -0.15) is 0 Å². The van der Waals surface area contributed by atoms with E-state index < -0.39 is 0 Å². The number of carbonyl (C=O) groups excluding carboxylic acids is 1. The molecule has 5 rings (SSSR count). The van der Waals surface area contributed by atoms with Gasteiger partial charge < -0.3 is 14.6 Å². The van der Waals surface area contributed by atoms with E-state index in [0.717, 1.165) is 38.4 Å². The van der Waals surface area contributed by atoms with Gasteiger partial charge in [-0.25, -0.2) is 4.98 Å². The molecule has 6 heteroatoms. The summed E-state index contributed by atoms with van der Waals surface area (Å²) in [6, 6.07) is 31.8. The van der Waals surface area contributed by atoms with Crippen LogP contribution in [0.4, 0.5) is 5.69 Å². The Kier molecular flexibility index (Phi) is 6.26. The standard InChI is InChI=1S/C27H23N3O2S/c31-26(28-21-11-2-1-3-12-21)19-33-27-29-23-14-6-7-15-24(23)30(27)17-18-32-25-16-8-10-20-9-4-5-13-22(20)25/h1-16H,17-19H2,(H,28,31). The topological polar surface area (TPSA) is 56.2 Å². The van der Waals surface area contributed by atoms with Crippen LogP contribution in [0.3, 0.4) is 0 Å². The van der Waals surface area contributed by atoms with Crippen LogP contribution in [0, 0.1) is 0 Å². The number of nitrogens with one attached hydrogen (secondary N) is 1. The van der Waals surface area contributed by atoms with Gasteiger partial charge in [0, 0.05) is 11.1 Å². The number of hydrogen-bond donors (Lipinski definition) is 1. The van der Waals surface area contributed by atoms with Crippen molar-refractivity contribution in [1.82, 2.24) is 9.55 Å². The summed E-state index contributed by atoms with van der Waals surface area (Å²) in [7, 11) is 0. The Balaban J connectivity index is 1.30. The third-order valence-electron chi connectivity index (χ3n) is 5.33. The molecule has 0 unspecified atom stereocenters. The highest BCUT2D eigenvalue weighted by Gasteiger charge is 2.13. The lowest BCUT2D eigenvalue weighted by molar-refractivity contribution is -0.113. The zero-order chi connectivity index (χ0) is 22.5. The third kappa shape index (κ3) is 4.86. The molecule has 1 heterocycles. The van der Waals surface area contributed by atoms with Crippen LogP contribution in [0.5, 0.6) is 5.75 Å². The van der Waals surface area contributed by atoms with Crippen molar-refractivity contribution in [2.75, 3.05) is 17.7 Å². The highest BCUT2D eigenvalue weighted by atomic mass is 32.2. The number of aromatic nitrogens is 2. The molecule has 0 fully saturated rings. The Hall–Kier alpha value is -3.77. The zero-order valence-electron chi connectivity index (χ0n) is 18.0. The second kappa shape index (κ2) is 9.79. The third-order valence-corrected chi connectivity index (χ3v) is 6.31. The average Bonchev–Trinajstić information content (AvgIpc) is 3.21. The largest absolute Gasteiger partial charge is 0.491 e. The Morgan fingerprint density at radius 1 is 0.879 bits per heavy atom. The van der Waals surface area contributed by atoms with Gasteiger partial charge in [0.25, 0.3) is 0 Å². The van der Waals surface area contributed by atoms with E-state index in [-0.39, 0.29) is 11.7 Å². The normalized spacial score (nSPS) is 11.0. The predicted octanol–water partition coefficient (Wildman–Crippen LogP) is 6.00. The number of hydrogen-bond acceptors (Lipinski definition) is 4. The van der Waals surface area contributed by atoms with Crippen molar-refractivity contribution in [1.29, 1.82) is 0 Å². The molecule has 5 nitrogen and oxygen atoms in total. The van der Waals surface area contributed by atoms with E-state index in [2.05, 4.69) is 28.1 Å². The summed E-state index contributed by atoms with van der Waals surface area (Å²) in [5.74, 6) is 1.09. The summed E-state index contributed by atoms with van der Waals surface area (Å²) >= 11 is 1.43. The molecule has 164 valence electrons. The zero-order valence-corrected chi connectivity index (χ0v) is 18.8. The van der Waals surface area contributed by atoms with E-state index >= 15 is 0 Å². The van der Waals surface area contributed by atoms with Gasteiger partial charge in [0.05, 0.1) is 23.3 Å². The van der Waals surface area contributed by atoms with E-state index in [0.29, 0.717) is 13.2 Å². The van der Waals surface area contributed by atoms with Crippen molar-refractivity contribution < 1.29 is 9.53 Å². The summed E-state index contributed by atoms with van der Waals surface area (Å²) in [4.78, 5) is 17.2. The maximum absolute atomic E-state index is 12.4. The maximum Gasteiger partial charge on any atom is 0.234 e. The van der Waals surface area contributed by atoms with Crippen LogP contribution in [-0.2, 0) is 11.3 Å². The molecule has 0 saturated carbocycles. The number of carbonyl (C=O) groups is 1. The minimum absolute atomic E-state index is 0.0585. The molecule has 0 aliphatic carbocycles. The SMILES string of the molecule is O=C(CSc1nc2ccccc2n1CCOc1cccc2ccccc12)Nc1ccccc1. The fraction of sp³-hybridized carbons (Fsp3) is 0.111. The second-order valence-electron chi connectivity index (χ2n) is 7.56. The van der Waals surface area contributed by atoms with Crippen molar-refractivity contribution in [3.8, 4) is 5.75 Å². The molecular formula is C27H23N3O2S. The molecule has 1 N–H and O–H groups in total. The number of fused-ring (bicyclic) bond motifs is 2.